The van der Waals surface area contributed by atoms with Gasteiger partial charge in [0, 0.05) is 47.5 Å². The average molecular weight is 401 g/mol. The third-order valence-corrected chi connectivity index (χ3v) is 6.40. The first-order valence-corrected chi connectivity index (χ1v) is 10.1. The maximum absolute atomic E-state index is 14.6. The highest BCUT2D eigenvalue weighted by molar-refractivity contribution is 7.18. The van der Waals surface area contributed by atoms with Crippen LogP contribution in [0.4, 0.5) is 4.39 Å². The molecule has 2 fully saturated rings. The molecule has 2 unspecified atom stereocenters. The summed E-state index contributed by atoms with van der Waals surface area (Å²) in [4.78, 5) is 8.80. The number of hydrogen-bond acceptors (Lipinski definition) is 7. The van der Waals surface area contributed by atoms with Crippen LogP contribution in [-0.2, 0) is 4.74 Å². The van der Waals surface area contributed by atoms with Gasteiger partial charge >= 0.3 is 0 Å². The Morgan fingerprint density at radius 1 is 1.18 bits per heavy atom. The molecule has 0 amide bonds. The summed E-state index contributed by atoms with van der Waals surface area (Å²) in [6, 6.07) is 4.84. The second-order valence-electron chi connectivity index (χ2n) is 7.15. The van der Waals surface area contributed by atoms with Crippen LogP contribution < -0.4 is 14.8 Å². The predicted octanol–water partition coefficient (Wildman–Crippen LogP) is 3.12. The van der Waals surface area contributed by atoms with Gasteiger partial charge in [-0.15, -0.1) is 11.3 Å². The number of aromatic nitrogens is 2. The SMILES string of the molecule is COc1ccc(-c2csc3c(OC4C5CNCC4COC5)ncnc23)c(F)c1. The van der Waals surface area contributed by atoms with Crippen LogP contribution in [0.15, 0.2) is 29.9 Å². The molecule has 2 aliphatic heterocycles. The molecule has 4 heterocycles. The molecule has 146 valence electrons. The van der Waals surface area contributed by atoms with Gasteiger partial charge in [0.2, 0.25) is 5.88 Å². The second kappa shape index (κ2) is 7.27. The van der Waals surface area contributed by atoms with Crippen LogP contribution in [0.2, 0.25) is 0 Å². The van der Waals surface area contributed by atoms with Gasteiger partial charge in [0.1, 0.15) is 28.7 Å². The van der Waals surface area contributed by atoms with Crippen LogP contribution in [0.3, 0.4) is 0 Å². The van der Waals surface area contributed by atoms with E-state index in [4.69, 9.17) is 14.2 Å². The van der Waals surface area contributed by atoms with Gasteiger partial charge in [-0.2, -0.15) is 0 Å². The standard InChI is InChI=1S/C20H20FN3O3S/c1-25-13-2-3-14(16(21)4-13)15-9-28-19-17(15)23-10-24-20(19)27-18-11-5-22-6-12(18)8-26-7-11/h2-4,9-12,18,22H,5-8H2,1H3. The number of ether oxygens (including phenoxy) is 3. The van der Waals surface area contributed by atoms with E-state index < -0.39 is 0 Å². The highest BCUT2D eigenvalue weighted by Crippen LogP contribution is 2.39. The van der Waals surface area contributed by atoms with Crippen molar-refractivity contribution in [2.75, 3.05) is 33.4 Å². The minimum absolute atomic E-state index is 0.0661. The molecular weight excluding hydrogens is 381 g/mol. The van der Waals surface area contributed by atoms with Crippen LogP contribution >= 0.6 is 11.3 Å². The van der Waals surface area contributed by atoms with Gasteiger partial charge < -0.3 is 19.5 Å². The largest absolute Gasteiger partial charge is 0.497 e. The van der Waals surface area contributed by atoms with Crippen LogP contribution in [0.1, 0.15) is 0 Å². The van der Waals surface area contributed by atoms with Gasteiger partial charge in [0.25, 0.3) is 0 Å². The Labute approximate surface area is 165 Å². The fourth-order valence-electron chi connectivity index (χ4n) is 4.02. The van der Waals surface area contributed by atoms with Crippen LogP contribution in [0.5, 0.6) is 11.6 Å². The molecule has 5 rings (SSSR count). The van der Waals surface area contributed by atoms with E-state index in [1.807, 2.05) is 5.38 Å². The summed E-state index contributed by atoms with van der Waals surface area (Å²) >= 11 is 1.48. The van der Waals surface area contributed by atoms with Crippen molar-refractivity contribution < 1.29 is 18.6 Å². The van der Waals surface area contributed by atoms with Gasteiger partial charge in [-0.25, -0.2) is 14.4 Å². The third-order valence-electron chi connectivity index (χ3n) is 5.44. The van der Waals surface area contributed by atoms with E-state index in [0.717, 1.165) is 23.4 Å². The normalized spacial score (nSPS) is 24.3. The molecule has 1 N–H and O–H groups in total. The molecule has 3 aromatic rings. The van der Waals surface area contributed by atoms with Gasteiger partial charge in [0.15, 0.2) is 0 Å². The highest BCUT2D eigenvalue weighted by atomic mass is 32.1. The number of hydrogen-bond donors (Lipinski definition) is 1. The van der Waals surface area contributed by atoms with Gasteiger partial charge in [-0.3, -0.25) is 0 Å². The number of halogens is 1. The minimum Gasteiger partial charge on any atom is -0.497 e. The molecular formula is C20H20FN3O3S. The molecule has 2 atom stereocenters. The number of methoxy groups -OCH3 is 1. The van der Waals surface area contributed by atoms with E-state index in [1.54, 1.807) is 12.1 Å². The molecule has 28 heavy (non-hydrogen) atoms. The summed E-state index contributed by atoms with van der Waals surface area (Å²) in [5.41, 5.74) is 1.93. The number of rotatable bonds is 4. The summed E-state index contributed by atoms with van der Waals surface area (Å²) in [5.74, 6) is 1.31. The minimum atomic E-state index is -0.342. The Kier molecular flexibility index (Phi) is 4.62. The number of benzene rings is 1. The van der Waals surface area contributed by atoms with Crippen molar-refractivity contribution in [2.45, 2.75) is 6.10 Å². The fraction of sp³-hybridized carbons (Fsp3) is 0.400. The van der Waals surface area contributed by atoms with Crippen LogP contribution in [-0.4, -0.2) is 49.5 Å². The quantitative estimate of drug-likeness (QED) is 0.725. The number of thiophene rings is 1. The zero-order chi connectivity index (χ0) is 19.1. The molecule has 2 saturated heterocycles. The molecule has 0 aliphatic carbocycles. The van der Waals surface area contributed by atoms with Gasteiger partial charge in [-0.05, 0) is 12.1 Å². The Morgan fingerprint density at radius 2 is 2.00 bits per heavy atom. The number of piperidine rings is 1. The van der Waals surface area contributed by atoms with Crippen molar-refractivity contribution >= 4 is 21.6 Å². The summed E-state index contributed by atoms with van der Waals surface area (Å²) in [7, 11) is 1.52. The molecule has 8 heteroatoms. The van der Waals surface area contributed by atoms with Crippen molar-refractivity contribution in [3.63, 3.8) is 0 Å². The zero-order valence-corrected chi connectivity index (χ0v) is 16.2. The molecule has 0 radical (unpaired) electrons. The Bertz CT molecular complexity index is 990. The van der Waals surface area contributed by atoms with E-state index in [9.17, 15) is 4.39 Å². The summed E-state index contributed by atoms with van der Waals surface area (Å²) < 4.78 is 32.6. The van der Waals surface area contributed by atoms with Crippen molar-refractivity contribution in [2.24, 2.45) is 11.8 Å². The van der Waals surface area contributed by atoms with Gasteiger partial charge in [0.05, 0.1) is 25.8 Å². The lowest BCUT2D eigenvalue weighted by Gasteiger charge is -2.41. The fourth-order valence-corrected chi connectivity index (χ4v) is 4.97. The van der Waals surface area contributed by atoms with E-state index in [-0.39, 0.29) is 11.9 Å². The first-order valence-electron chi connectivity index (χ1n) is 9.26. The topological polar surface area (TPSA) is 65.5 Å². The maximum Gasteiger partial charge on any atom is 0.235 e. The lowest BCUT2D eigenvalue weighted by atomic mass is 9.86. The van der Waals surface area contributed by atoms with E-state index in [1.165, 1.54) is 30.8 Å². The Morgan fingerprint density at radius 3 is 2.75 bits per heavy atom. The first kappa shape index (κ1) is 17.8. The maximum atomic E-state index is 14.6. The smallest absolute Gasteiger partial charge is 0.235 e. The molecule has 2 aromatic heterocycles. The van der Waals surface area contributed by atoms with Crippen molar-refractivity contribution in [1.29, 1.82) is 0 Å². The zero-order valence-electron chi connectivity index (χ0n) is 15.4. The number of fused-ring (bicyclic) bond motifs is 3. The van der Waals surface area contributed by atoms with Crippen LogP contribution in [0.25, 0.3) is 21.3 Å². The summed E-state index contributed by atoms with van der Waals surface area (Å²) in [6.45, 7) is 3.13. The molecule has 0 spiro atoms. The average Bonchev–Trinajstić information content (AvgIpc) is 3.12. The monoisotopic (exact) mass is 401 g/mol. The molecule has 2 aliphatic rings. The Balaban J connectivity index is 1.51. The second-order valence-corrected chi connectivity index (χ2v) is 8.03. The Hall–Kier alpha value is -2.29. The molecule has 2 bridgehead atoms. The van der Waals surface area contributed by atoms with Crippen molar-refractivity contribution in [1.82, 2.24) is 15.3 Å². The predicted molar refractivity (Wildman–Crippen MR) is 104 cm³/mol. The van der Waals surface area contributed by atoms with E-state index in [2.05, 4.69) is 15.3 Å². The van der Waals surface area contributed by atoms with Crippen LogP contribution in [0, 0.1) is 17.7 Å². The molecule has 6 nitrogen and oxygen atoms in total. The third kappa shape index (κ3) is 3.01. The van der Waals surface area contributed by atoms with Crippen molar-refractivity contribution in [3.8, 4) is 22.8 Å². The van der Waals surface area contributed by atoms with E-state index in [0.29, 0.717) is 47.8 Å². The number of nitrogens with one attached hydrogen (secondary N) is 1. The van der Waals surface area contributed by atoms with E-state index >= 15 is 0 Å². The number of nitrogens with zero attached hydrogens (tertiary/aromatic N) is 2. The lowest BCUT2D eigenvalue weighted by molar-refractivity contribution is -0.0828. The highest BCUT2D eigenvalue weighted by Gasteiger charge is 2.39. The first-order chi connectivity index (χ1) is 13.7. The van der Waals surface area contributed by atoms with Gasteiger partial charge in [-0.1, -0.05) is 0 Å². The summed E-state index contributed by atoms with van der Waals surface area (Å²) in [6.07, 6.45) is 1.55. The molecule has 1 aromatic carbocycles. The summed E-state index contributed by atoms with van der Waals surface area (Å²) in [5, 5.41) is 5.35. The lowest BCUT2D eigenvalue weighted by Crippen LogP contribution is -2.56. The molecule has 0 saturated carbocycles. The van der Waals surface area contributed by atoms with Crippen molar-refractivity contribution in [3.05, 3.63) is 35.7 Å².